The van der Waals surface area contributed by atoms with Crippen molar-refractivity contribution in [3.8, 4) is 28.7 Å². The van der Waals surface area contributed by atoms with Crippen LogP contribution < -0.4 is 4.74 Å². The van der Waals surface area contributed by atoms with Crippen LogP contribution in [0.4, 0.5) is 5.69 Å². The molecular weight excluding hydrogens is 352 g/mol. The second-order valence-electron chi connectivity index (χ2n) is 6.45. The second kappa shape index (κ2) is 7.15. The van der Waals surface area contributed by atoms with Crippen molar-refractivity contribution in [1.29, 1.82) is 0 Å². The van der Waals surface area contributed by atoms with Crippen molar-refractivity contribution in [2.24, 2.45) is 0 Å². The summed E-state index contributed by atoms with van der Waals surface area (Å²) in [5, 5.41) is 0.585. The van der Waals surface area contributed by atoms with Gasteiger partial charge in [-0.1, -0.05) is 42.5 Å². The van der Waals surface area contributed by atoms with E-state index in [1.807, 2.05) is 55.5 Å². The molecular formula is C22H19N4O2+. The van der Waals surface area contributed by atoms with E-state index in [4.69, 9.17) is 9.72 Å². The largest absolute Gasteiger partial charge is 0.480 e. The molecule has 6 nitrogen and oxygen atoms in total. The third-order valence-corrected chi connectivity index (χ3v) is 4.57. The molecule has 0 saturated heterocycles. The molecule has 0 spiro atoms. The zero-order valence-corrected chi connectivity index (χ0v) is 15.9. The highest BCUT2D eigenvalue weighted by Crippen LogP contribution is 2.33. The fourth-order valence-corrected chi connectivity index (χ4v) is 3.20. The minimum Gasteiger partial charge on any atom is -0.480 e. The van der Waals surface area contributed by atoms with Gasteiger partial charge in [-0.2, -0.15) is 4.98 Å². The molecule has 0 aliphatic carbocycles. The van der Waals surface area contributed by atoms with Crippen molar-refractivity contribution < 1.29 is 9.50 Å². The van der Waals surface area contributed by atoms with Crippen molar-refractivity contribution in [1.82, 2.24) is 15.0 Å². The Morgan fingerprint density at radius 2 is 1.68 bits per heavy atom. The third-order valence-electron chi connectivity index (χ3n) is 4.57. The van der Waals surface area contributed by atoms with Crippen molar-refractivity contribution in [2.75, 3.05) is 14.2 Å². The van der Waals surface area contributed by atoms with Gasteiger partial charge in [0.1, 0.15) is 11.1 Å². The molecule has 28 heavy (non-hydrogen) atoms. The van der Waals surface area contributed by atoms with Gasteiger partial charge in [0.2, 0.25) is 5.88 Å². The fourth-order valence-electron chi connectivity index (χ4n) is 3.20. The number of hydrogen-bond donors (Lipinski definition) is 0. The standard InChI is InChI=1S/C22H19N4O2/c1-14-12-13-17(23-20(14)15-8-5-4-6-9-15)21-24-16-10-7-11-18(26(2)27)19(16)22(25-21)28-3/h4-13H,1-3H3/q+1. The average Bonchev–Trinajstić information content (AvgIpc) is 2.73. The van der Waals surface area contributed by atoms with Gasteiger partial charge in [-0.3, -0.25) is 0 Å². The highest BCUT2D eigenvalue weighted by molar-refractivity contribution is 5.93. The number of ether oxygens (including phenoxy) is 1. The predicted octanol–water partition coefficient (Wildman–Crippen LogP) is 4.72. The molecule has 0 fully saturated rings. The molecule has 0 aliphatic rings. The van der Waals surface area contributed by atoms with Gasteiger partial charge in [-0.05, 0) is 24.6 Å². The minimum absolute atomic E-state index is 0.349. The number of aromatic nitrogens is 3. The van der Waals surface area contributed by atoms with E-state index in [1.165, 1.54) is 14.2 Å². The lowest BCUT2D eigenvalue weighted by Gasteiger charge is -2.10. The molecule has 4 rings (SSSR count). The van der Waals surface area contributed by atoms with Crippen LogP contribution in [0.15, 0.2) is 60.7 Å². The Labute approximate surface area is 162 Å². The van der Waals surface area contributed by atoms with Crippen LogP contribution in [0.25, 0.3) is 33.7 Å². The minimum atomic E-state index is 0.349. The van der Waals surface area contributed by atoms with E-state index < -0.39 is 0 Å². The van der Waals surface area contributed by atoms with Gasteiger partial charge in [0.15, 0.2) is 12.9 Å². The number of rotatable bonds is 4. The number of hydrogen-bond acceptors (Lipinski definition) is 5. The Balaban J connectivity index is 1.92. The molecule has 0 N–H and O–H groups in total. The number of benzene rings is 2. The number of nitroso groups, excluding NO2 is 1. The number of nitrogens with zero attached hydrogens (tertiary/aromatic N) is 4. The first-order valence-electron chi connectivity index (χ1n) is 8.87. The van der Waals surface area contributed by atoms with Crippen LogP contribution >= 0.6 is 0 Å². The van der Waals surface area contributed by atoms with Crippen molar-refractivity contribution in [3.63, 3.8) is 0 Å². The lowest BCUT2D eigenvalue weighted by molar-refractivity contribution is -0.426. The third kappa shape index (κ3) is 3.09. The Kier molecular flexibility index (Phi) is 4.53. The van der Waals surface area contributed by atoms with Crippen LogP contribution in [-0.4, -0.2) is 33.9 Å². The summed E-state index contributed by atoms with van der Waals surface area (Å²) in [4.78, 5) is 25.9. The van der Waals surface area contributed by atoms with E-state index in [-0.39, 0.29) is 0 Å². The van der Waals surface area contributed by atoms with Gasteiger partial charge >= 0.3 is 0 Å². The van der Waals surface area contributed by atoms with E-state index in [0.717, 1.165) is 21.6 Å². The Bertz CT molecular complexity index is 1190. The smallest absolute Gasteiger partial charge is 0.270 e. The molecule has 2 aromatic carbocycles. The highest BCUT2D eigenvalue weighted by Gasteiger charge is 2.21. The Hall–Kier alpha value is -3.67. The van der Waals surface area contributed by atoms with Gasteiger partial charge in [0.05, 0.1) is 18.3 Å². The Morgan fingerprint density at radius 3 is 2.39 bits per heavy atom. The number of pyridine rings is 1. The average molecular weight is 371 g/mol. The molecule has 2 aromatic heterocycles. The first kappa shape index (κ1) is 17.7. The topological polar surface area (TPSA) is 68.0 Å². The van der Waals surface area contributed by atoms with Gasteiger partial charge in [0.25, 0.3) is 5.69 Å². The Morgan fingerprint density at radius 1 is 0.893 bits per heavy atom. The summed E-state index contributed by atoms with van der Waals surface area (Å²) in [7, 11) is 2.97. The van der Waals surface area contributed by atoms with Crippen LogP contribution in [0.3, 0.4) is 0 Å². The number of fused-ring (bicyclic) bond motifs is 1. The molecule has 0 aliphatic heterocycles. The summed E-state index contributed by atoms with van der Waals surface area (Å²) in [6, 6.07) is 19.2. The van der Waals surface area contributed by atoms with E-state index in [9.17, 15) is 4.91 Å². The summed E-state index contributed by atoms with van der Waals surface area (Å²) >= 11 is 0. The highest BCUT2D eigenvalue weighted by atomic mass is 16.5. The van der Waals surface area contributed by atoms with Crippen molar-refractivity contribution in [2.45, 2.75) is 6.92 Å². The molecule has 0 saturated carbocycles. The molecule has 0 unspecified atom stereocenters. The molecule has 0 amide bonds. The molecule has 6 heteroatoms. The molecule has 0 bridgehead atoms. The lowest BCUT2D eigenvalue weighted by atomic mass is 10.1. The maximum Gasteiger partial charge on any atom is 0.270 e. The van der Waals surface area contributed by atoms with Crippen LogP contribution in [0.5, 0.6) is 5.88 Å². The maximum atomic E-state index is 11.9. The summed E-state index contributed by atoms with van der Waals surface area (Å²) in [5.74, 6) is 0.800. The van der Waals surface area contributed by atoms with Crippen LogP contribution in [0.2, 0.25) is 0 Å². The van der Waals surface area contributed by atoms with Crippen LogP contribution in [0.1, 0.15) is 5.56 Å². The fraction of sp³-hybridized carbons (Fsp3) is 0.136. The monoisotopic (exact) mass is 371 g/mol. The first-order valence-corrected chi connectivity index (χ1v) is 8.87. The zero-order valence-electron chi connectivity index (χ0n) is 15.9. The van der Waals surface area contributed by atoms with Crippen LogP contribution in [-0.2, 0) is 0 Å². The van der Waals surface area contributed by atoms with E-state index in [1.54, 1.807) is 12.1 Å². The molecule has 138 valence electrons. The molecule has 0 atom stereocenters. The molecule has 2 heterocycles. The van der Waals surface area contributed by atoms with E-state index >= 15 is 0 Å². The van der Waals surface area contributed by atoms with Gasteiger partial charge in [0, 0.05) is 21.3 Å². The molecule has 0 radical (unpaired) electrons. The summed E-state index contributed by atoms with van der Waals surface area (Å²) < 4.78 is 6.26. The summed E-state index contributed by atoms with van der Waals surface area (Å²) in [5.41, 5.74) is 4.72. The lowest BCUT2D eigenvalue weighted by Crippen LogP contribution is -2.01. The normalized spacial score (nSPS) is 10.8. The maximum absolute atomic E-state index is 11.9. The molecule has 4 aromatic rings. The van der Waals surface area contributed by atoms with E-state index in [0.29, 0.717) is 34.0 Å². The van der Waals surface area contributed by atoms with Crippen LogP contribution in [0, 0.1) is 11.8 Å². The SMILES string of the molecule is COc1nc(-c2ccc(C)c(-c3ccccc3)n2)nc2cccc([N+](C)=O)c12. The quantitative estimate of drug-likeness (QED) is 0.486. The first-order chi connectivity index (χ1) is 13.6. The summed E-state index contributed by atoms with van der Waals surface area (Å²) in [6.07, 6.45) is 0. The van der Waals surface area contributed by atoms with Gasteiger partial charge < -0.3 is 4.74 Å². The summed E-state index contributed by atoms with van der Waals surface area (Å²) in [6.45, 7) is 2.03. The number of aryl methyl sites for hydroxylation is 1. The predicted molar refractivity (Wildman–Crippen MR) is 109 cm³/mol. The van der Waals surface area contributed by atoms with Crippen molar-refractivity contribution in [3.05, 3.63) is 71.1 Å². The second-order valence-corrected chi connectivity index (χ2v) is 6.45. The zero-order chi connectivity index (χ0) is 19.7. The van der Waals surface area contributed by atoms with Gasteiger partial charge in [-0.15, -0.1) is 0 Å². The van der Waals surface area contributed by atoms with E-state index in [2.05, 4.69) is 9.97 Å². The van der Waals surface area contributed by atoms with Crippen molar-refractivity contribution >= 4 is 16.6 Å². The van der Waals surface area contributed by atoms with Gasteiger partial charge in [-0.25, -0.2) is 9.97 Å². The number of methoxy groups -OCH3 is 1.